The number of fused-ring (bicyclic) bond motifs is 3. The molecule has 2 heterocycles. The van der Waals surface area contributed by atoms with Gasteiger partial charge in [0.2, 0.25) is 0 Å². The van der Waals surface area contributed by atoms with E-state index in [0.717, 1.165) is 29.9 Å². The van der Waals surface area contributed by atoms with E-state index in [1.54, 1.807) is 0 Å². The standard InChI is InChI=1S/C19H28N4O2/c1-13(2)10-20-18(25)14-5-6-16-15(9-14)21-17-11-22(7-8-23(16)17)19(3,4)12-24/h5-6,9,13,24H,7-8,10-12H2,1-4H3,(H,20,25). The molecule has 0 atom stereocenters. The Morgan fingerprint density at radius 1 is 1.36 bits per heavy atom. The molecule has 0 unspecified atom stereocenters. The molecule has 136 valence electrons. The normalized spacial score (nSPS) is 15.6. The van der Waals surface area contributed by atoms with Gasteiger partial charge < -0.3 is 15.0 Å². The van der Waals surface area contributed by atoms with Gasteiger partial charge in [0.1, 0.15) is 5.82 Å². The lowest BCUT2D eigenvalue weighted by molar-refractivity contribution is 0.0356. The molecule has 1 aliphatic heterocycles. The summed E-state index contributed by atoms with van der Waals surface area (Å²) in [5.74, 6) is 1.36. The molecule has 1 aliphatic rings. The van der Waals surface area contributed by atoms with Crippen LogP contribution < -0.4 is 5.32 Å². The van der Waals surface area contributed by atoms with E-state index in [1.807, 2.05) is 32.0 Å². The third kappa shape index (κ3) is 3.55. The van der Waals surface area contributed by atoms with Crippen LogP contribution in [0.4, 0.5) is 0 Å². The summed E-state index contributed by atoms with van der Waals surface area (Å²) in [5.41, 5.74) is 2.31. The SMILES string of the molecule is CC(C)CNC(=O)c1ccc2c(c1)nc1n2CCN(C(C)(C)CO)C1. The summed E-state index contributed by atoms with van der Waals surface area (Å²) in [6, 6.07) is 5.73. The van der Waals surface area contributed by atoms with Gasteiger partial charge in [-0.05, 0) is 38.0 Å². The highest BCUT2D eigenvalue weighted by atomic mass is 16.3. The van der Waals surface area contributed by atoms with Crippen molar-refractivity contribution in [1.29, 1.82) is 0 Å². The van der Waals surface area contributed by atoms with Gasteiger partial charge in [-0.3, -0.25) is 9.69 Å². The Bertz CT molecular complexity index is 779. The van der Waals surface area contributed by atoms with Crippen LogP contribution >= 0.6 is 0 Å². The summed E-state index contributed by atoms with van der Waals surface area (Å²) in [4.78, 5) is 19.3. The monoisotopic (exact) mass is 344 g/mol. The summed E-state index contributed by atoms with van der Waals surface area (Å²) >= 11 is 0. The van der Waals surface area contributed by atoms with Crippen molar-refractivity contribution < 1.29 is 9.90 Å². The zero-order valence-corrected chi connectivity index (χ0v) is 15.5. The number of imidazole rings is 1. The third-order valence-corrected chi connectivity index (χ3v) is 4.93. The topological polar surface area (TPSA) is 70.4 Å². The number of nitrogens with one attached hydrogen (secondary N) is 1. The van der Waals surface area contributed by atoms with E-state index in [9.17, 15) is 9.90 Å². The summed E-state index contributed by atoms with van der Waals surface area (Å²) in [5, 5.41) is 12.6. The molecule has 2 aromatic rings. The van der Waals surface area contributed by atoms with Crippen molar-refractivity contribution in [1.82, 2.24) is 19.8 Å². The molecule has 0 saturated heterocycles. The number of benzene rings is 1. The smallest absolute Gasteiger partial charge is 0.251 e. The maximum Gasteiger partial charge on any atom is 0.251 e. The maximum atomic E-state index is 12.3. The molecule has 0 aliphatic carbocycles. The lowest BCUT2D eigenvalue weighted by Gasteiger charge is -2.39. The number of carbonyl (C=O) groups is 1. The van der Waals surface area contributed by atoms with Crippen molar-refractivity contribution in [3.8, 4) is 0 Å². The van der Waals surface area contributed by atoms with Gasteiger partial charge in [0.05, 0.1) is 24.2 Å². The van der Waals surface area contributed by atoms with Gasteiger partial charge in [0.25, 0.3) is 5.91 Å². The summed E-state index contributed by atoms with van der Waals surface area (Å²) in [6.45, 7) is 11.5. The van der Waals surface area contributed by atoms with Crippen LogP contribution in [-0.2, 0) is 13.1 Å². The first kappa shape index (κ1) is 17.9. The Kier molecular flexibility index (Phi) is 4.84. The molecule has 0 radical (unpaired) electrons. The molecule has 0 spiro atoms. The van der Waals surface area contributed by atoms with Crippen LogP contribution in [-0.4, -0.2) is 50.7 Å². The van der Waals surface area contributed by atoms with Crippen molar-refractivity contribution in [3.63, 3.8) is 0 Å². The minimum atomic E-state index is -0.259. The van der Waals surface area contributed by atoms with Crippen LogP contribution in [0.15, 0.2) is 18.2 Å². The van der Waals surface area contributed by atoms with E-state index >= 15 is 0 Å². The van der Waals surface area contributed by atoms with Crippen LogP contribution in [0.1, 0.15) is 43.9 Å². The number of hydrogen-bond acceptors (Lipinski definition) is 4. The summed E-state index contributed by atoms with van der Waals surface area (Å²) in [7, 11) is 0. The van der Waals surface area contributed by atoms with Gasteiger partial charge in [-0.1, -0.05) is 13.8 Å². The number of amides is 1. The minimum absolute atomic E-state index is 0.0513. The molecule has 0 bridgehead atoms. The van der Waals surface area contributed by atoms with Crippen molar-refractivity contribution in [3.05, 3.63) is 29.6 Å². The number of aliphatic hydroxyl groups is 1. The second-order valence-electron chi connectivity index (χ2n) is 7.88. The molecule has 1 aromatic carbocycles. The zero-order chi connectivity index (χ0) is 18.2. The quantitative estimate of drug-likeness (QED) is 0.870. The number of carbonyl (C=O) groups excluding carboxylic acids is 1. The largest absolute Gasteiger partial charge is 0.394 e. The number of aromatic nitrogens is 2. The fraction of sp³-hybridized carbons (Fsp3) is 0.579. The first-order chi connectivity index (χ1) is 11.8. The third-order valence-electron chi connectivity index (χ3n) is 4.93. The number of aliphatic hydroxyl groups excluding tert-OH is 1. The number of hydrogen-bond donors (Lipinski definition) is 2. The van der Waals surface area contributed by atoms with Gasteiger partial charge in [-0.15, -0.1) is 0 Å². The Labute approximate surface area is 148 Å². The summed E-state index contributed by atoms with van der Waals surface area (Å²) < 4.78 is 2.22. The molecular weight excluding hydrogens is 316 g/mol. The highest BCUT2D eigenvalue weighted by Crippen LogP contribution is 2.26. The lowest BCUT2D eigenvalue weighted by atomic mass is 10.0. The first-order valence-electron chi connectivity index (χ1n) is 8.95. The fourth-order valence-electron chi connectivity index (χ4n) is 3.18. The Morgan fingerprint density at radius 3 is 2.80 bits per heavy atom. The Morgan fingerprint density at radius 2 is 2.12 bits per heavy atom. The highest BCUT2D eigenvalue weighted by Gasteiger charge is 2.30. The molecule has 2 N–H and O–H groups in total. The molecule has 6 heteroatoms. The molecule has 1 aromatic heterocycles. The average Bonchev–Trinajstić information content (AvgIpc) is 2.96. The Hall–Kier alpha value is -1.92. The average molecular weight is 344 g/mol. The number of rotatable bonds is 5. The molecule has 0 fully saturated rings. The first-order valence-corrected chi connectivity index (χ1v) is 8.95. The van der Waals surface area contributed by atoms with Gasteiger partial charge >= 0.3 is 0 Å². The fourth-order valence-corrected chi connectivity index (χ4v) is 3.18. The predicted octanol–water partition coefficient (Wildman–Crippen LogP) is 2.01. The lowest BCUT2D eigenvalue weighted by Crippen LogP contribution is -2.50. The molecule has 1 amide bonds. The minimum Gasteiger partial charge on any atom is -0.394 e. The van der Waals surface area contributed by atoms with E-state index in [2.05, 4.69) is 28.6 Å². The predicted molar refractivity (Wildman–Crippen MR) is 98.5 cm³/mol. The van der Waals surface area contributed by atoms with Crippen molar-refractivity contribution in [2.75, 3.05) is 19.7 Å². The zero-order valence-electron chi connectivity index (χ0n) is 15.5. The van der Waals surface area contributed by atoms with Crippen LogP contribution in [0.2, 0.25) is 0 Å². The van der Waals surface area contributed by atoms with Crippen molar-refractivity contribution in [2.45, 2.75) is 46.3 Å². The van der Waals surface area contributed by atoms with E-state index in [4.69, 9.17) is 4.98 Å². The van der Waals surface area contributed by atoms with Gasteiger partial charge in [0.15, 0.2) is 0 Å². The molecule has 3 rings (SSSR count). The van der Waals surface area contributed by atoms with Crippen LogP contribution in [0.25, 0.3) is 11.0 Å². The van der Waals surface area contributed by atoms with Crippen LogP contribution in [0.3, 0.4) is 0 Å². The maximum absolute atomic E-state index is 12.3. The molecule has 6 nitrogen and oxygen atoms in total. The van der Waals surface area contributed by atoms with Crippen LogP contribution in [0.5, 0.6) is 0 Å². The van der Waals surface area contributed by atoms with E-state index < -0.39 is 0 Å². The van der Waals surface area contributed by atoms with Gasteiger partial charge in [-0.2, -0.15) is 0 Å². The Balaban J connectivity index is 1.85. The van der Waals surface area contributed by atoms with Gasteiger partial charge in [-0.25, -0.2) is 4.98 Å². The second kappa shape index (κ2) is 6.77. The van der Waals surface area contributed by atoms with Crippen molar-refractivity contribution >= 4 is 16.9 Å². The highest BCUT2D eigenvalue weighted by molar-refractivity contribution is 5.97. The van der Waals surface area contributed by atoms with Crippen LogP contribution in [0, 0.1) is 5.92 Å². The number of nitrogens with zero attached hydrogens (tertiary/aromatic N) is 3. The van der Waals surface area contributed by atoms with E-state index in [0.29, 0.717) is 24.6 Å². The van der Waals surface area contributed by atoms with E-state index in [1.165, 1.54) is 0 Å². The van der Waals surface area contributed by atoms with Crippen molar-refractivity contribution in [2.24, 2.45) is 5.92 Å². The molecular formula is C19H28N4O2. The molecule has 0 saturated carbocycles. The second-order valence-corrected chi connectivity index (χ2v) is 7.88. The van der Waals surface area contributed by atoms with Gasteiger partial charge in [0, 0.05) is 30.7 Å². The summed E-state index contributed by atoms with van der Waals surface area (Å²) in [6.07, 6.45) is 0. The van der Waals surface area contributed by atoms with E-state index in [-0.39, 0.29) is 18.1 Å². The molecule has 25 heavy (non-hydrogen) atoms.